The molecule has 7 nitrogen and oxygen atoms in total. The lowest BCUT2D eigenvalue weighted by Gasteiger charge is -2.20. The van der Waals surface area contributed by atoms with Gasteiger partial charge in [0.2, 0.25) is 0 Å². The highest BCUT2D eigenvalue weighted by atomic mass is 16.5. The number of amides is 1. The van der Waals surface area contributed by atoms with Crippen molar-refractivity contribution < 1.29 is 24.1 Å². The Hall–Kier alpha value is -2.77. The van der Waals surface area contributed by atoms with Crippen LogP contribution < -0.4 is 24.8 Å². The second-order valence-electron chi connectivity index (χ2n) is 6.39. The summed E-state index contributed by atoms with van der Waals surface area (Å²) in [4.78, 5) is 11.4. The molecule has 1 heterocycles. The molecular formula is C20H24N2O5. The molecule has 0 aromatic heterocycles. The average Bonchev–Trinajstić information content (AvgIpc) is 2.69. The number of ether oxygens (including phenoxy) is 3. The van der Waals surface area contributed by atoms with E-state index in [1.54, 1.807) is 18.2 Å². The molecule has 1 amide bonds. The molecule has 0 saturated carbocycles. The van der Waals surface area contributed by atoms with E-state index in [0.717, 1.165) is 5.75 Å². The topological polar surface area (TPSA) is 89.1 Å². The van der Waals surface area contributed by atoms with Crippen LogP contribution in [0, 0.1) is 0 Å². The van der Waals surface area contributed by atoms with Crippen LogP contribution in [0.3, 0.4) is 0 Å². The first-order chi connectivity index (χ1) is 13.1. The fourth-order valence-electron chi connectivity index (χ4n) is 2.54. The summed E-state index contributed by atoms with van der Waals surface area (Å²) >= 11 is 0. The summed E-state index contributed by atoms with van der Waals surface area (Å²) in [5, 5.41) is 16.0. The molecule has 0 saturated heterocycles. The van der Waals surface area contributed by atoms with Crippen molar-refractivity contribution in [1.29, 1.82) is 0 Å². The van der Waals surface area contributed by atoms with E-state index in [1.807, 2.05) is 37.3 Å². The van der Waals surface area contributed by atoms with Crippen molar-refractivity contribution in [3.63, 3.8) is 0 Å². The van der Waals surface area contributed by atoms with Gasteiger partial charge >= 0.3 is 0 Å². The van der Waals surface area contributed by atoms with Crippen molar-refractivity contribution in [1.82, 2.24) is 5.32 Å². The number of aliphatic hydroxyl groups excluding tert-OH is 1. The van der Waals surface area contributed by atoms with Crippen LogP contribution in [0.1, 0.15) is 6.92 Å². The Kier molecular flexibility index (Phi) is 6.51. The molecule has 2 atom stereocenters. The minimum Gasteiger partial charge on any atom is -0.492 e. The Bertz CT molecular complexity index is 753. The Labute approximate surface area is 158 Å². The number of rotatable bonds is 9. The molecule has 0 fully saturated rings. The standard InChI is InChI=1S/C20H24N2O5/c1-14(21-10-15(23)12-26-16-5-3-2-4-6-16)11-25-17-7-8-19-18(9-17)22-20(24)13-27-19/h2-9,14-15,21,23H,10-13H2,1H3,(H,22,24). The number of benzene rings is 2. The van der Waals surface area contributed by atoms with Crippen LogP contribution in [-0.4, -0.2) is 49.5 Å². The van der Waals surface area contributed by atoms with E-state index >= 15 is 0 Å². The number of para-hydroxylation sites is 1. The maximum Gasteiger partial charge on any atom is 0.262 e. The van der Waals surface area contributed by atoms with Crippen molar-refractivity contribution in [3.05, 3.63) is 48.5 Å². The van der Waals surface area contributed by atoms with Gasteiger partial charge in [-0.3, -0.25) is 4.79 Å². The summed E-state index contributed by atoms with van der Waals surface area (Å²) in [6.45, 7) is 3.03. The summed E-state index contributed by atoms with van der Waals surface area (Å²) < 4.78 is 16.6. The van der Waals surface area contributed by atoms with Crippen molar-refractivity contribution in [2.45, 2.75) is 19.1 Å². The maximum absolute atomic E-state index is 11.4. The van der Waals surface area contributed by atoms with Gasteiger partial charge in [-0.05, 0) is 31.2 Å². The number of anilines is 1. The third-order valence-corrected chi connectivity index (χ3v) is 3.97. The molecule has 2 unspecified atom stereocenters. The van der Waals surface area contributed by atoms with Crippen LogP contribution in [0.5, 0.6) is 17.2 Å². The molecule has 0 spiro atoms. The van der Waals surface area contributed by atoms with E-state index < -0.39 is 6.10 Å². The smallest absolute Gasteiger partial charge is 0.262 e. The Balaban J connectivity index is 1.37. The lowest BCUT2D eigenvalue weighted by molar-refractivity contribution is -0.118. The van der Waals surface area contributed by atoms with Crippen LogP contribution >= 0.6 is 0 Å². The molecule has 1 aliphatic heterocycles. The number of hydrogen-bond donors (Lipinski definition) is 3. The SMILES string of the molecule is CC(COc1ccc2c(c1)NC(=O)CO2)NCC(O)COc1ccccc1. The number of nitrogens with one attached hydrogen (secondary N) is 2. The Morgan fingerprint density at radius 3 is 2.74 bits per heavy atom. The van der Waals surface area contributed by atoms with Gasteiger partial charge in [0.15, 0.2) is 6.61 Å². The van der Waals surface area contributed by atoms with Gasteiger partial charge in [0.05, 0.1) is 5.69 Å². The van der Waals surface area contributed by atoms with Crippen LogP contribution in [-0.2, 0) is 4.79 Å². The summed E-state index contributed by atoms with van der Waals surface area (Å²) in [5.74, 6) is 1.83. The molecule has 0 radical (unpaired) electrons. The van der Waals surface area contributed by atoms with Gasteiger partial charge in [-0.15, -0.1) is 0 Å². The molecule has 2 aromatic carbocycles. The van der Waals surface area contributed by atoms with E-state index in [9.17, 15) is 9.90 Å². The molecule has 0 aliphatic carbocycles. The second-order valence-corrected chi connectivity index (χ2v) is 6.39. The Morgan fingerprint density at radius 2 is 1.93 bits per heavy atom. The van der Waals surface area contributed by atoms with Gasteiger partial charge in [0.1, 0.15) is 36.6 Å². The maximum atomic E-state index is 11.4. The molecular weight excluding hydrogens is 348 g/mol. The predicted molar refractivity (Wildman–Crippen MR) is 101 cm³/mol. The first kappa shape index (κ1) is 19.0. The predicted octanol–water partition coefficient (Wildman–Crippen LogP) is 1.81. The van der Waals surface area contributed by atoms with Gasteiger partial charge < -0.3 is 30.0 Å². The molecule has 3 N–H and O–H groups in total. The minimum absolute atomic E-state index is 0.0262. The van der Waals surface area contributed by atoms with Gasteiger partial charge in [0.25, 0.3) is 5.91 Å². The van der Waals surface area contributed by atoms with Crippen LogP contribution in [0.25, 0.3) is 0 Å². The van der Waals surface area contributed by atoms with Crippen LogP contribution in [0.4, 0.5) is 5.69 Å². The van der Waals surface area contributed by atoms with Crippen molar-refractivity contribution in [2.75, 3.05) is 31.7 Å². The molecule has 1 aliphatic rings. The van der Waals surface area contributed by atoms with Crippen molar-refractivity contribution in [3.8, 4) is 17.2 Å². The molecule has 0 bridgehead atoms. The molecule has 7 heteroatoms. The zero-order valence-corrected chi connectivity index (χ0v) is 15.2. The van der Waals surface area contributed by atoms with E-state index in [4.69, 9.17) is 14.2 Å². The zero-order valence-electron chi connectivity index (χ0n) is 15.2. The van der Waals surface area contributed by atoms with Crippen molar-refractivity contribution >= 4 is 11.6 Å². The van der Waals surface area contributed by atoms with E-state index in [0.29, 0.717) is 30.3 Å². The third kappa shape index (κ3) is 5.87. The summed E-state index contributed by atoms with van der Waals surface area (Å²) in [6.07, 6.45) is -0.622. The first-order valence-corrected chi connectivity index (χ1v) is 8.89. The van der Waals surface area contributed by atoms with Crippen LogP contribution in [0.15, 0.2) is 48.5 Å². The monoisotopic (exact) mass is 372 g/mol. The Morgan fingerprint density at radius 1 is 1.15 bits per heavy atom. The number of aliphatic hydroxyl groups is 1. The third-order valence-electron chi connectivity index (χ3n) is 3.97. The number of fused-ring (bicyclic) bond motifs is 1. The van der Waals surface area contributed by atoms with E-state index in [2.05, 4.69) is 10.6 Å². The van der Waals surface area contributed by atoms with Gasteiger partial charge in [-0.25, -0.2) is 0 Å². The molecule has 27 heavy (non-hydrogen) atoms. The second kappa shape index (κ2) is 9.25. The quantitative estimate of drug-likeness (QED) is 0.622. The normalized spacial score (nSPS) is 15.1. The average molecular weight is 372 g/mol. The molecule has 3 rings (SSSR count). The highest BCUT2D eigenvalue weighted by Crippen LogP contribution is 2.31. The molecule has 144 valence electrons. The van der Waals surface area contributed by atoms with Crippen molar-refractivity contribution in [2.24, 2.45) is 0 Å². The van der Waals surface area contributed by atoms with Gasteiger partial charge in [-0.2, -0.15) is 0 Å². The fourth-order valence-corrected chi connectivity index (χ4v) is 2.54. The number of carbonyl (C=O) groups is 1. The summed E-state index contributed by atoms with van der Waals surface area (Å²) in [6, 6.07) is 14.7. The summed E-state index contributed by atoms with van der Waals surface area (Å²) in [5.41, 5.74) is 0.609. The van der Waals surface area contributed by atoms with E-state index in [-0.39, 0.29) is 25.2 Å². The number of carbonyl (C=O) groups excluding carboxylic acids is 1. The van der Waals surface area contributed by atoms with Gasteiger partial charge in [0, 0.05) is 18.7 Å². The lowest BCUT2D eigenvalue weighted by atomic mass is 10.2. The zero-order chi connectivity index (χ0) is 19.1. The van der Waals surface area contributed by atoms with Crippen LogP contribution in [0.2, 0.25) is 0 Å². The summed E-state index contributed by atoms with van der Waals surface area (Å²) in [7, 11) is 0. The highest BCUT2D eigenvalue weighted by molar-refractivity contribution is 5.95. The fraction of sp³-hybridized carbons (Fsp3) is 0.350. The lowest BCUT2D eigenvalue weighted by Crippen LogP contribution is -2.39. The number of hydrogen-bond acceptors (Lipinski definition) is 6. The van der Waals surface area contributed by atoms with E-state index in [1.165, 1.54) is 0 Å². The first-order valence-electron chi connectivity index (χ1n) is 8.89. The highest BCUT2D eigenvalue weighted by Gasteiger charge is 2.16. The largest absolute Gasteiger partial charge is 0.492 e. The van der Waals surface area contributed by atoms with Gasteiger partial charge in [-0.1, -0.05) is 18.2 Å². The minimum atomic E-state index is -0.622. The molecule has 2 aromatic rings.